The minimum atomic E-state index is 0.309. The van der Waals surface area contributed by atoms with Crippen LogP contribution in [0.4, 0.5) is 0 Å². The summed E-state index contributed by atoms with van der Waals surface area (Å²) in [6.45, 7) is 10.0. The van der Waals surface area contributed by atoms with Gasteiger partial charge in [-0.3, -0.25) is 4.90 Å². The Bertz CT molecular complexity index is 455. The SMILES string of the molecule is CC(C)(C)CN(Cc1ccccc1)Cc1ccccc1. The number of nitrogens with zero attached hydrogens (tertiary/aromatic N) is 1. The first-order valence-corrected chi connectivity index (χ1v) is 7.33. The van der Waals surface area contributed by atoms with Crippen molar-refractivity contribution in [1.82, 2.24) is 4.90 Å². The number of hydrogen-bond donors (Lipinski definition) is 0. The van der Waals surface area contributed by atoms with Gasteiger partial charge in [0.1, 0.15) is 0 Å². The van der Waals surface area contributed by atoms with Crippen LogP contribution in [0.2, 0.25) is 0 Å². The number of rotatable bonds is 5. The van der Waals surface area contributed by atoms with Gasteiger partial charge in [-0.2, -0.15) is 0 Å². The van der Waals surface area contributed by atoms with E-state index < -0.39 is 0 Å². The van der Waals surface area contributed by atoms with Crippen LogP contribution < -0.4 is 0 Å². The van der Waals surface area contributed by atoms with E-state index >= 15 is 0 Å². The van der Waals surface area contributed by atoms with Crippen molar-refractivity contribution in [2.75, 3.05) is 6.54 Å². The molecule has 0 unspecified atom stereocenters. The van der Waals surface area contributed by atoms with E-state index in [1.54, 1.807) is 0 Å². The highest BCUT2D eigenvalue weighted by atomic mass is 15.1. The molecule has 0 bridgehead atoms. The summed E-state index contributed by atoms with van der Waals surface area (Å²) < 4.78 is 0. The van der Waals surface area contributed by atoms with Gasteiger partial charge >= 0.3 is 0 Å². The summed E-state index contributed by atoms with van der Waals surface area (Å²) in [5.41, 5.74) is 3.07. The van der Waals surface area contributed by atoms with E-state index in [-0.39, 0.29) is 0 Å². The first-order chi connectivity index (χ1) is 9.53. The van der Waals surface area contributed by atoms with Crippen LogP contribution in [0, 0.1) is 5.41 Å². The maximum absolute atomic E-state index is 2.53. The highest BCUT2D eigenvalue weighted by Crippen LogP contribution is 2.19. The first-order valence-electron chi connectivity index (χ1n) is 7.33. The van der Waals surface area contributed by atoms with E-state index in [1.165, 1.54) is 11.1 Å². The lowest BCUT2D eigenvalue weighted by molar-refractivity contribution is 0.176. The predicted octanol–water partition coefficient (Wildman–Crippen LogP) is 4.73. The lowest BCUT2D eigenvalue weighted by atomic mass is 9.95. The molecule has 0 radical (unpaired) electrons. The Morgan fingerprint density at radius 2 is 1.10 bits per heavy atom. The van der Waals surface area contributed by atoms with Crippen LogP contribution in [0.5, 0.6) is 0 Å². The van der Waals surface area contributed by atoms with Gasteiger partial charge in [-0.05, 0) is 16.5 Å². The molecule has 20 heavy (non-hydrogen) atoms. The largest absolute Gasteiger partial charge is 0.294 e. The molecule has 0 atom stereocenters. The zero-order valence-corrected chi connectivity index (χ0v) is 12.8. The van der Waals surface area contributed by atoms with Crippen LogP contribution in [-0.4, -0.2) is 11.4 Å². The topological polar surface area (TPSA) is 3.24 Å². The zero-order chi connectivity index (χ0) is 14.4. The quantitative estimate of drug-likeness (QED) is 0.756. The van der Waals surface area contributed by atoms with Crippen molar-refractivity contribution < 1.29 is 0 Å². The molecule has 0 aliphatic carbocycles. The fraction of sp³-hybridized carbons (Fsp3) is 0.368. The second kappa shape index (κ2) is 6.71. The molecule has 0 aliphatic heterocycles. The van der Waals surface area contributed by atoms with E-state index in [9.17, 15) is 0 Å². The summed E-state index contributed by atoms with van der Waals surface area (Å²) in [5.74, 6) is 0. The summed E-state index contributed by atoms with van der Waals surface area (Å²) in [6, 6.07) is 21.5. The Hall–Kier alpha value is -1.60. The molecule has 1 nitrogen and oxygen atoms in total. The molecule has 0 aliphatic rings. The Morgan fingerprint density at radius 3 is 1.45 bits per heavy atom. The summed E-state index contributed by atoms with van der Waals surface area (Å²) in [4.78, 5) is 2.53. The van der Waals surface area contributed by atoms with Gasteiger partial charge in [-0.1, -0.05) is 81.4 Å². The standard InChI is InChI=1S/C19H25N/c1-19(2,3)16-20(14-17-10-6-4-7-11-17)15-18-12-8-5-9-13-18/h4-13H,14-16H2,1-3H3. The van der Waals surface area contributed by atoms with Gasteiger partial charge in [0.05, 0.1) is 0 Å². The molecular formula is C19H25N. The number of hydrogen-bond acceptors (Lipinski definition) is 1. The third-order valence-corrected chi connectivity index (χ3v) is 3.20. The van der Waals surface area contributed by atoms with Crippen molar-refractivity contribution in [2.45, 2.75) is 33.9 Å². The van der Waals surface area contributed by atoms with Crippen molar-refractivity contribution in [3.63, 3.8) is 0 Å². The van der Waals surface area contributed by atoms with E-state index in [0.29, 0.717) is 5.41 Å². The molecule has 0 heterocycles. The maximum atomic E-state index is 2.53. The highest BCUT2D eigenvalue weighted by Gasteiger charge is 2.16. The van der Waals surface area contributed by atoms with Crippen LogP contribution in [0.1, 0.15) is 31.9 Å². The monoisotopic (exact) mass is 267 g/mol. The van der Waals surface area contributed by atoms with Gasteiger partial charge in [0.15, 0.2) is 0 Å². The summed E-state index contributed by atoms with van der Waals surface area (Å²) in [5, 5.41) is 0. The zero-order valence-electron chi connectivity index (χ0n) is 12.8. The van der Waals surface area contributed by atoms with E-state index in [4.69, 9.17) is 0 Å². The lowest BCUT2D eigenvalue weighted by Crippen LogP contribution is -2.31. The van der Waals surface area contributed by atoms with Crippen molar-refractivity contribution >= 4 is 0 Å². The van der Waals surface area contributed by atoms with Crippen molar-refractivity contribution in [2.24, 2.45) is 5.41 Å². The first kappa shape index (κ1) is 14.8. The third kappa shape index (κ3) is 5.18. The van der Waals surface area contributed by atoms with Gasteiger partial charge < -0.3 is 0 Å². The lowest BCUT2D eigenvalue weighted by Gasteiger charge is -2.30. The third-order valence-electron chi connectivity index (χ3n) is 3.20. The molecule has 1 heteroatoms. The molecule has 0 amide bonds. The molecular weight excluding hydrogens is 242 g/mol. The van der Waals surface area contributed by atoms with Crippen LogP contribution >= 0.6 is 0 Å². The summed E-state index contributed by atoms with van der Waals surface area (Å²) in [6.07, 6.45) is 0. The van der Waals surface area contributed by atoms with Crippen LogP contribution in [-0.2, 0) is 13.1 Å². The fourth-order valence-electron chi connectivity index (χ4n) is 2.52. The van der Waals surface area contributed by atoms with Gasteiger partial charge in [0.2, 0.25) is 0 Å². The maximum Gasteiger partial charge on any atom is 0.0237 e. The molecule has 106 valence electrons. The average molecular weight is 267 g/mol. The number of benzene rings is 2. The van der Waals surface area contributed by atoms with Crippen molar-refractivity contribution in [3.8, 4) is 0 Å². The highest BCUT2D eigenvalue weighted by molar-refractivity contribution is 5.17. The van der Waals surface area contributed by atoms with Crippen LogP contribution in [0.3, 0.4) is 0 Å². The smallest absolute Gasteiger partial charge is 0.0237 e. The van der Waals surface area contributed by atoms with Gasteiger partial charge in [-0.15, -0.1) is 0 Å². The second-order valence-electron chi connectivity index (χ2n) is 6.68. The molecule has 0 N–H and O–H groups in total. The van der Waals surface area contributed by atoms with Crippen molar-refractivity contribution in [1.29, 1.82) is 0 Å². The van der Waals surface area contributed by atoms with Crippen molar-refractivity contribution in [3.05, 3.63) is 71.8 Å². The molecule has 0 saturated heterocycles. The molecule has 0 spiro atoms. The second-order valence-corrected chi connectivity index (χ2v) is 6.68. The predicted molar refractivity (Wildman–Crippen MR) is 86.5 cm³/mol. The molecule has 0 fully saturated rings. The van der Waals surface area contributed by atoms with E-state index in [1.807, 2.05) is 0 Å². The summed E-state index contributed by atoms with van der Waals surface area (Å²) >= 11 is 0. The van der Waals surface area contributed by atoms with Gasteiger partial charge in [0, 0.05) is 19.6 Å². The Balaban J connectivity index is 2.08. The molecule has 2 aromatic carbocycles. The molecule has 2 rings (SSSR count). The van der Waals surface area contributed by atoms with Gasteiger partial charge in [0.25, 0.3) is 0 Å². The van der Waals surface area contributed by atoms with Gasteiger partial charge in [-0.25, -0.2) is 0 Å². The molecule has 0 saturated carbocycles. The minimum absolute atomic E-state index is 0.309. The Labute approximate surface area is 123 Å². The normalized spacial score (nSPS) is 11.8. The molecule has 0 aromatic heterocycles. The van der Waals surface area contributed by atoms with Crippen LogP contribution in [0.25, 0.3) is 0 Å². The summed E-state index contributed by atoms with van der Waals surface area (Å²) in [7, 11) is 0. The molecule has 2 aromatic rings. The minimum Gasteiger partial charge on any atom is -0.294 e. The average Bonchev–Trinajstić information content (AvgIpc) is 2.39. The van der Waals surface area contributed by atoms with E-state index in [0.717, 1.165) is 19.6 Å². The van der Waals surface area contributed by atoms with Crippen LogP contribution in [0.15, 0.2) is 60.7 Å². The fourth-order valence-corrected chi connectivity index (χ4v) is 2.52. The van der Waals surface area contributed by atoms with E-state index in [2.05, 4.69) is 86.3 Å². The Kier molecular flexibility index (Phi) is 4.97. The Morgan fingerprint density at radius 1 is 0.700 bits per heavy atom.